The van der Waals surface area contributed by atoms with E-state index in [1.165, 1.54) is 0 Å². The first-order valence-corrected chi connectivity index (χ1v) is 4.59. The van der Waals surface area contributed by atoms with Gasteiger partial charge in [-0.15, -0.1) is 0 Å². The Morgan fingerprint density at radius 2 is 0.917 bits per heavy atom. The van der Waals surface area contributed by atoms with Gasteiger partial charge in [0, 0.05) is 0 Å². The molecule has 0 aromatic rings. The van der Waals surface area contributed by atoms with Crippen molar-refractivity contribution in [1.82, 2.24) is 0 Å². The third-order valence-electron chi connectivity index (χ3n) is 0.902. The summed E-state index contributed by atoms with van der Waals surface area (Å²) in [6.07, 6.45) is 0. The largest absolute Gasteiger partial charge is 0.457 e. The standard InChI is InChI=1S/C4F2N4P.H2O/c5-11(6,1-7,2-8,3-9)4-10;/h;1H2/q-1;/p+1. The molecule has 8 heteroatoms. The molecule has 0 fully saturated rings. The van der Waals surface area contributed by atoms with Gasteiger partial charge in [-0.05, 0) is 0 Å². The van der Waals surface area contributed by atoms with Crippen LogP contribution in [-0.2, 0) is 5.48 Å². The van der Waals surface area contributed by atoms with Crippen molar-refractivity contribution in [3.8, 4) is 23.2 Å². The molecular formula is C4H3F2N4OP. The predicted octanol–water partition coefficient (Wildman–Crippen LogP) is 0.847. The average molecular weight is 192 g/mol. The maximum absolute atomic E-state index is 12.8. The fraction of sp³-hybridized carbons (Fsp3) is 0. The second kappa shape index (κ2) is 2.10. The molecule has 0 unspecified atom stereocenters. The van der Waals surface area contributed by atoms with Crippen LogP contribution in [0.2, 0.25) is 0 Å². The summed E-state index contributed by atoms with van der Waals surface area (Å²) in [5, 5.41) is 31.6. The van der Waals surface area contributed by atoms with E-state index >= 15 is 0 Å². The molecule has 12 heavy (non-hydrogen) atoms. The van der Waals surface area contributed by atoms with E-state index in [0.29, 0.717) is 0 Å². The Balaban J connectivity index is 0. The first-order valence-electron chi connectivity index (χ1n) is 2.13. The topological polar surface area (TPSA) is 128 Å². The number of nitrogens with zero attached hydrogens (tertiary/aromatic N) is 4. The van der Waals surface area contributed by atoms with Crippen LogP contribution in [0, 0.1) is 44.3 Å². The summed E-state index contributed by atoms with van der Waals surface area (Å²) in [7, 11) is 0. The summed E-state index contributed by atoms with van der Waals surface area (Å²) in [6.45, 7) is -7.59. The molecule has 0 aliphatic heterocycles. The Kier molecular flexibility index (Phi) is 2.24. The number of hydrogen-bond donors (Lipinski definition) is 0. The van der Waals surface area contributed by atoms with Crippen LogP contribution in [-0.4, -0.2) is 0 Å². The Morgan fingerprint density at radius 1 is 0.750 bits per heavy atom. The van der Waals surface area contributed by atoms with E-state index in [4.69, 9.17) is 21.0 Å². The SMILES string of the molecule is N#C[P-](F)(F)(C#N)(C#N)C#N.[OH3+]. The van der Waals surface area contributed by atoms with Gasteiger partial charge >= 0.3 is 59.2 Å². The van der Waals surface area contributed by atoms with Gasteiger partial charge in [0.15, 0.2) is 0 Å². The van der Waals surface area contributed by atoms with E-state index in [0.717, 1.165) is 0 Å². The van der Waals surface area contributed by atoms with Gasteiger partial charge in [0.05, 0.1) is 0 Å². The van der Waals surface area contributed by atoms with E-state index in [9.17, 15) is 8.39 Å². The molecule has 0 aliphatic carbocycles. The number of nitriles is 4. The molecule has 0 radical (unpaired) electrons. The molecule has 0 bridgehead atoms. The summed E-state index contributed by atoms with van der Waals surface area (Å²) < 4.78 is 25.6. The molecule has 0 atom stereocenters. The molecule has 0 amide bonds. The van der Waals surface area contributed by atoms with Gasteiger partial charge < -0.3 is 5.48 Å². The smallest absolute Gasteiger partial charge is 0.457 e. The second-order valence-corrected chi connectivity index (χ2v) is 5.43. The molecule has 0 heterocycles. The fourth-order valence-corrected chi connectivity index (χ4v) is 0.402. The van der Waals surface area contributed by atoms with Crippen molar-refractivity contribution in [2.45, 2.75) is 0 Å². The normalized spacial score (nSPS) is 14.2. The van der Waals surface area contributed by atoms with Crippen LogP contribution < -0.4 is 0 Å². The van der Waals surface area contributed by atoms with E-state index in [2.05, 4.69) is 0 Å². The molecule has 0 rings (SSSR count). The molecule has 0 saturated carbocycles. The minimum absolute atomic E-state index is 0. The van der Waals surface area contributed by atoms with Gasteiger partial charge in [0.1, 0.15) is 0 Å². The first-order chi connectivity index (χ1) is 4.80. The van der Waals surface area contributed by atoms with E-state index in [1.807, 2.05) is 0 Å². The van der Waals surface area contributed by atoms with Crippen LogP contribution in [0.1, 0.15) is 0 Å². The Morgan fingerprint density at radius 3 is 0.917 bits per heavy atom. The van der Waals surface area contributed by atoms with Gasteiger partial charge in [0.2, 0.25) is 0 Å². The minimum atomic E-state index is -7.59. The van der Waals surface area contributed by atoms with E-state index in [-0.39, 0.29) is 28.7 Å². The summed E-state index contributed by atoms with van der Waals surface area (Å²) in [5.74, 6) is 0.949. The van der Waals surface area contributed by atoms with Crippen molar-refractivity contribution in [2.75, 3.05) is 0 Å². The maximum atomic E-state index is 12.8. The molecule has 5 nitrogen and oxygen atoms in total. The van der Waals surface area contributed by atoms with Crippen LogP contribution >= 0.6 is 6.57 Å². The summed E-state index contributed by atoms with van der Waals surface area (Å²) in [5.41, 5.74) is 0. The van der Waals surface area contributed by atoms with Crippen LogP contribution in [0.15, 0.2) is 0 Å². The number of halogens is 2. The third kappa shape index (κ3) is 1.29. The monoisotopic (exact) mass is 192 g/mol. The zero-order chi connectivity index (χ0) is 9.24. The Bertz CT molecular complexity index is 312. The minimum Gasteiger partial charge on any atom is -0.457 e. The van der Waals surface area contributed by atoms with Crippen molar-refractivity contribution in [3.63, 3.8) is 0 Å². The van der Waals surface area contributed by atoms with Crippen molar-refractivity contribution in [1.29, 1.82) is 21.0 Å². The van der Waals surface area contributed by atoms with E-state index < -0.39 is 6.57 Å². The van der Waals surface area contributed by atoms with E-state index in [1.54, 1.807) is 0 Å². The van der Waals surface area contributed by atoms with Crippen LogP contribution in [0.25, 0.3) is 0 Å². The Hall–Kier alpha value is -1.79. The van der Waals surface area contributed by atoms with Crippen LogP contribution in [0.3, 0.4) is 0 Å². The summed E-state index contributed by atoms with van der Waals surface area (Å²) in [6, 6.07) is 0. The van der Waals surface area contributed by atoms with Crippen molar-refractivity contribution in [2.24, 2.45) is 0 Å². The predicted molar refractivity (Wildman–Crippen MR) is 36.5 cm³/mol. The number of hydrogen-bond acceptors (Lipinski definition) is 4. The molecule has 3 N–H and O–H groups in total. The second-order valence-electron chi connectivity index (χ2n) is 1.81. The summed E-state index contributed by atoms with van der Waals surface area (Å²) in [4.78, 5) is 0. The van der Waals surface area contributed by atoms with Gasteiger partial charge in [-0.1, -0.05) is 0 Å². The van der Waals surface area contributed by atoms with Gasteiger partial charge in [-0.2, -0.15) is 0 Å². The van der Waals surface area contributed by atoms with Crippen LogP contribution in [0.5, 0.6) is 0 Å². The van der Waals surface area contributed by atoms with Gasteiger partial charge in [-0.25, -0.2) is 0 Å². The molecule has 0 aromatic carbocycles. The quantitative estimate of drug-likeness (QED) is 0.415. The molecular weight excluding hydrogens is 189 g/mol. The molecule has 0 aliphatic rings. The summed E-state index contributed by atoms with van der Waals surface area (Å²) >= 11 is 0. The fourth-order valence-electron chi connectivity index (χ4n) is 0.134. The molecule has 0 spiro atoms. The number of rotatable bonds is 0. The van der Waals surface area contributed by atoms with Gasteiger partial charge in [0.25, 0.3) is 0 Å². The van der Waals surface area contributed by atoms with Crippen molar-refractivity contribution >= 4 is 6.57 Å². The van der Waals surface area contributed by atoms with Crippen LogP contribution in [0.4, 0.5) is 8.39 Å². The van der Waals surface area contributed by atoms with Crippen molar-refractivity contribution in [3.05, 3.63) is 0 Å². The molecule has 0 saturated heterocycles. The van der Waals surface area contributed by atoms with Gasteiger partial charge in [-0.3, -0.25) is 0 Å². The zero-order valence-electron chi connectivity index (χ0n) is 5.57. The first kappa shape index (κ1) is 12.8. The Labute approximate surface area is 65.7 Å². The average Bonchev–Trinajstić information content (AvgIpc) is 2.07. The molecule has 0 aromatic heterocycles. The molecule has 64 valence electrons. The zero-order valence-corrected chi connectivity index (χ0v) is 6.46. The third-order valence-corrected chi connectivity index (χ3v) is 2.71. The maximum Gasteiger partial charge on any atom is -0.457 e. The van der Waals surface area contributed by atoms with Crippen molar-refractivity contribution < 1.29 is 13.9 Å².